The van der Waals surface area contributed by atoms with Crippen LogP contribution in [0.1, 0.15) is 44.9 Å². The SMILES string of the molecule is CN1CCC(Oc2cc(OCCCN3CCCCCC3)cc3ncnc(Nc4ccc(F)c(Cl)c4)c23)CC1. The lowest BCUT2D eigenvalue weighted by Gasteiger charge is -2.30. The molecular weight excluding hydrogens is 505 g/mol. The lowest BCUT2D eigenvalue weighted by atomic mass is 10.1. The summed E-state index contributed by atoms with van der Waals surface area (Å²) in [5, 5.41) is 4.09. The number of anilines is 2. The molecule has 0 saturated carbocycles. The molecule has 2 aliphatic rings. The van der Waals surface area contributed by atoms with Crippen molar-refractivity contribution < 1.29 is 13.9 Å². The van der Waals surface area contributed by atoms with Gasteiger partial charge in [-0.2, -0.15) is 0 Å². The third kappa shape index (κ3) is 7.04. The van der Waals surface area contributed by atoms with E-state index in [0.717, 1.165) is 55.5 Å². The summed E-state index contributed by atoms with van der Waals surface area (Å²) < 4.78 is 26.5. The Morgan fingerprint density at radius 2 is 1.82 bits per heavy atom. The number of fused-ring (bicyclic) bond motifs is 1. The monoisotopic (exact) mass is 541 g/mol. The predicted molar refractivity (Wildman–Crippen MR) is 150 cm³/mol. The van der Waals surface area contributed by atoms with Crippen LogP contribution in [0.25, 0.3) is 10.9 Å². The first-order valence-electron chi connectivity index (χ1n) is 13.8. The number of halogens is 2. The molecule has 0 unspecified atom stereocenters. The molecule has 0 aliphatic carbocycles. The summed E-state index contributed by atoms with van der Waals surface area (Å²) in [5.74, 6) is 1.55. The van der Waals surface area contributed by atoms with E-state index in [1.807, 2.05) is 12.1 Å². The third-order valence-corrected chi connectivity index (χ3v) is 7.69. The van der Waals surface area contributed by atoms with Crippen molar-refractivity contribution in [2.75, 3.05) is 51.7 Å². The van der Waals surface area contributed by atoms with Gasteiger partial charge in [-0.3, -0.25) is 0 Å². The van der Waals surface area contributed by atoms with Gasteiger partial charge in [0.25, 0.3) is 0 Å². The van der Waals surface area contributed by atoms with Gasteiger partial charge in [0.05, 0.1) is 22.5 Å². The minimum Gasteiger partial charge on any atom is -0.493 e. The molecule has 0 spiro atoms. The van der Waals surface area contributed by atoms with E-state index in [-0.39, 0.29) is 11.1 Å². The molecular formula is C29H37ClFN5O2. The van der Waals surface area contributed by atoms with Crippen LogP contribution in [-0.2, 0) is 0 Å². The number of piperidine rings is 1. The van der Waals surface area contributed by atoms with Crippen molar-refractivity contribution in [3.8, 4) is 11.5 Å². The fourth-order valence-electron chi connectivity index (χ4n) is 5.23. The summed E-state index contributed by atoms with van der Waals surface area (Å²) in [5.41, 5.74) is 1.36. The molecule has 2 saturated heterocycles. The lowest BCUT2D eigenvalue weighted by molar-refractivity contribution is 0.115. The average molecular weight is 542 g/mol. The second kappa shape index (κ2) is 12.9. The molecule has 3 heterocycles. The number of benzene rings is 2. The zero-order chi connectivity index (χ0) is 26.3. The lowest BCUT2D eigenvalue weighted by Crippen LogP contribution is -2.35. The largest absolute Gasteiger partial charge is 0.493 e. The van der Waals surface area contributed by atoms with Gasteiger partial charge < -0.3 is 24.6 Å². The number of nitrogens with one attached hydrogen (secondary N) is 1. The number of nitrogens with zero attached hydrogens (tertiary/aromatic N) is 4. The second-order valence-electron chi connectivity index (χ2n) is 10.4. The maximum Gasteiger partial charge on any atom is 0.145 e. The number of aromatic nitrogens is 2. The molecule has 0 amide bonds. The van der Waals surface area contributed by atoms with Crippen molar-refractivity contribution >= 4 is 34.0 Å². The van der Waals surface area contributed by atoms with Crippen LogP contribution < -0.4 is 14.8 Å². The van der Waals surface area contributed by atoms with Crippen LogP contribution in [0.4, 0.5) is 15.9 Å². The maximum absolute atomic E-state index is 13.7. The zero-order valence-corrected chi connectivity index (χ0v) is 22.9. The standard InChI is InChI=1S/C29H37ClFN5O2/c1-35-14-9-22(10-15-35)38-27-19-23(37-16-6-13-36-11-4-2-3-5-12-36)18-26-28(27)29(33-20-32-26)34-21-7-8-25(31)24(30)17-21/h7-8,17-20,22H,2-6,9-16H2,1H3,(H,32,33,34). The highest BCUT2D eigenvalue weighted by atomic mass is 35.5. The van der Waals surface area contributed by atoms with Gasteiger partial charge in [0.2, 0.25) is 0 Å². The number of hydrogen-bond donors (Lipinski definition) is 1. The van der Waals surface area contributed by atoms with E-state index in [2.05, 4.69) is 32.1 Å². The van der Waals surface area contributed by atoms with Gasteiger partial charge in [0.15, 0.2) is 0 Å². The summed E-state index contributed by atoms with van der Waals surface area (Å²) >= 11 is 6.01. The first-order chi connectivity index (χ1) is 18.5. The van der Waals surface area contributed by atoms with Gasteiger partial charge in [-0.15, -0.1) is 0 Å². The molecule has 2 aromatic carbocycles. The highest BCUT2D eigenvalue weighted by Gasteiger charge is 2.21. The molecule has 3 aromatic rings. The van der Waals surface area contributed by atoms with Gasteiger partial charge in [-0.05, 0) is 70.4 Å². The molecule has 0 atom stereocenters. The summed E-state index contributed by atoms with van der Waals surface area (Å²) in [6.07, 6.45) is 9.76. The number of rotatable bonds is 9. The van der Waals surface area contributed by atoms with Crippen molar-refractivity contribution in [2.24, 2.45) is 0 Å². The Morgan fingerprint density at radius 3 is 2.58 bits per heavy atom. The van der Waals surface area contributed by atoms with Crippen LogP contribution >= 0.6 is 11.6 Å². The van der Waals surface area contributed by atoms with Gasteiger partial charge in [-0.25, -0.2) is 14.4 Å². The minimum atomic E-state index is -0.464. The minimum absolute atomic E-state index is 0.0482. The van der Waals surface area contributed by atoms with Crippen molar-refractivity contribution in [2.45, 2.75) is 51.0 Å². The zero-order valence-electron chi connectivity index (χ0n) is 22.1. The van der Waals surface area contributed by atoms with Crippen LogP contribution in [0, 0.1) is 5.82 Å². The first kappa shape index (κ1) is 26.9. The van der Waals surface area contributed by atoms with E-state index < -0.39 is 5.82 Å². The fourth-order valence-corrected chi connectivity index (χ4v) is 5.41. The van der Waals surface area contributed by atoms with Crippen molar-refractivity contribution in [1.29, 1.82) is 0 Å². The van der Waals surface area contributed by atoms with Gasteiger partial charge in [-0.1, -0.05) is 24.4 Å². The molecule has 38 heavy (non-hydrogen) atoms. The summed E-state index contributed by atoms with van der Waals surface area (Å²) in [6, 6.07) is 8.41. The normalized spacial score (nSPS) is 17.9. The van der Waals surface area contributed by atoms with Crippen molar-refractivity contribution in [3.63, 3.8) is 0 Å². The summed E-state index contributed by atoms with van der Waals surface area (Å²) in [6.45, 7) is 6.06. The van der Waals surface area contributed by atoms with Crippen molar-refractivity contribution in [3.05, 3.63) is 47.5 Å². The Kier molecular flexibility index (Phi) is 9.14. The molecule has 5 rings (SSSR count). The number of ether oxygens (including phenoxy) is 2. The first-order valence-corrected chi connectivity index (χ1v) is 14.1. The van der Waals surface area contributed by atoms with E-state index in [0.29, 0.717) is 23.9 Å². The molecule has 0 bridgehead atoms. The highest BCUT2D eigenvalue weighted by Crippen LogP contribution is 2.37. The topological polar surface area (TPSA) is 62.8 Å². The second-order valence-corrected chi connectivity index (χ2v) is 10.8. The maximum atomic E-state index is 13.7. The Hall–Kier alpha value is -2.68. The number of likely N-dealkylation sites (tertiary alicyclic amines) is 2. The molecule has 204 valence electrons. The van der Waals surface area contributed by atoms with E-state index >= 15 is 0 Å². The van der Waals surface area contributed by atoms with E-state index in [9.17, 15) is 4.39 Å². The van der Waals surface area contributed by atoms with Gasteiger partial charge in [0.1, 0.15) is 35.6 Å². The Balaban J connectivity index is 1.36. The van der Waals surface area contributed by atoms with Crippen molar-refractivity contribution in [1.82, 2.24) is 19.8 Å². The molecule has 1 aromatic heterocycles. The molecule has 1 N–H and O–H groups in total. The quantitative estimate of drug-likeness (QED) is 0.320. The molecule has 2 fully saturated rings. The third-order valence-electron chi connectivity index (χ3n) is 7.40. The van der Waals surface area contributed by atoms with E-state index in [4.69, 9.17) is 21.1 Å². The van der Waals surface area contributed by atoms with Gasteiger partial charge >= 0.3 is 0 Å². The van der Waals surface area contributed by atoms with Crippen LogP contribution in [0.3, 0.4) is 0 Å². The van der Waals surface area contributed by atoms with Crippen LogP contribution in [0.5, 0.6) is 11.5 Å². The molecule has 0 radical (unpaired) electrons. The average Bonchev–Trinajstić information content (AvgIpc) is 3.19. The highest BCUT2D eigenvalue weighted by molar-refractivity contribution is 6.31. The van der Waals surface area contributed by atoms with Gasteiger partial charge in [0, 0.05) is 37.5 Å². The van der Waals surface area contributed by atoms with E-state index in [1.165, 1.54) is 51.2 Å². The van der Waals surface area contributed by atoms with E-state index in [1.54, 1.807) is 12.1 Å². The molecule has 7 nitrogen and oxygen atoms in total. The predicted octanol–water partition coefficient (Wildman–Crippen LogP) is 6.28. The van der Waals surface area contributed by atoms with Crippen LogP contribution in [-0.4, -0.2) is 72.3 Å². The molecule has 9 heteroatoms. The Morgan fingerprint density at radius 1 is 1.03 bits per heavy atom. The fraction of sp³-hybridized carbons (Fsp3) is 0.517. The Labute approximate surface area is 229 Å². The molecule has 2 aliphatic heterocycles. The summed E-state index contributed by atoms with van der Waals surface area (Å²) in [4.78, 5) is 13.9. The number of hydrogen-bond acceptors (Lipinski definition) is 7. The van der Waals surface area contributed by atoms with Crippen LogP contribution in [0.15, 0.2) is 36.7 Å². The smallest absolute Gasteiger partial charge is 0.145 e. The summed E-state index contributed by atoms with van der Waals surface area (Å²) in [7, 11) is 2.13. The Bertz CT molecular complexity index is 1210. The van der Waals surface area contributed by atoms with Crippen LogP contribution in [0.2, 0.25) is 5.02 Å².